The molecule has 0 saturated heterocycles. The van der Waals surface area contributed by atoms with Crippen LogP contribution in [0, 0.1) is 0 Å². The van der Waals surface area contributed by atoms with Gasteiger partial charge in [-0.05, 0) is 6.07 Å². The average Bonchev–Trinajstić information content (AvgIpc) is 2.61. The number of para-hydroxylation sites is 1. The highest BCUT2D eigenvalue weighted by atomic mass is 16.2. The zero-order valence-electron chi connectivity index (χ0n) is 7.15. The summed E-state index contributed by atoms with van der Waals surface area (Å²) in [5.41, 5.74) is 1.24. The van der Waals surface area contributed by atoms with Gasteiger partial charge in [0.2, 0.25) is 6.08 Å². The summed E-state index contributed by atoms with van der Waals surface area (Å²) in [4.78, 5) is 27.2. The maximum absolute atomic E-state index is 11.3. The van der Waals surface area contributed by atoms with E-state index >= 15 is 0 Å². The highest BCUT2D eigenvalue weighted by Crippen LogP contribution is 2.17. The molecule has 4 nitrogen and oxygen atoms in total. The lowest BCUT2D eigenvalue weighted by Crippen LogP contribution is -1.91. The maximum atomic E-state index is 11.3. The first-order valence-electron chi connectivity index (χ1n) is 4.01. The van der Waals surface area contributed by atoms with Gasteiger partial charge in [0.15, 0.2) is 0 Å². The lowest BCUT2D eigenvalue weighted by molar-refractivity contribution is 0.100. The first kappa shape index (κ1) is 8.41. The third-order valence-electron chi connectivity index (χ3n) is 1.97. The van der Waals surface area contributed by atoms with Crippen LogP contribution in [0.15, 0.2) is 35.5 Å². The summed E-state index contributed by atoms with van der Waals surface area (Å²) >= 11 is 0. The van der Waals surface area contributed by atoms with Gasteiger partial charge in [0.25, 0.3) is 5.91 Å². The van der Waals surface area contributed by atoms with Crippen molar-refractivity contribution < 1.29 is 9.59 Å². The molecule has 0 atom stereocenters. The topological polar surface area (TPSA) is 62.3 Å². The molecule has 0 spiro atoms. The molecule has 2 aromatic rings. The summed E-state index contributed by atoms with van der Waals surface area (Å²) in [6.07, 6.45) is 2.77. The summed E-state index contributed by atoms with van der Waals surface area (Å²) in [6, 6.07) is 7.31. The molecule has 68 valence electrons. The van der Waals surface area contributed by atoms with Crippen LogP contribution >= 0.6 is 0 Å². The summed E-state index contributed by atoms with van der Waals surface area (Å²) in [5, 5.41) is 0.761. The minimum absolute atomic E-state index is 0.393. The Morgan fingerprint density at radius 2 is 2.14 bits per heavy atom. The Morgan fingerprint density at radius 1 is 1.36 bits per heavy atom. The Kier molecular flexibility index (Phi) is 1.97. The maximum Gasteiger partial charge on any atom is 0.289 e. The van der Waals surface area contributed by atoms with E-state index in [2.05, 4.69) is 9.98 Å². The summed E-state index contributed by atoms with van der Waals surface area (Å²) in [7, 11) is 0. The van der Waals surface area contributed by atoms with Crippen molar-refractivity contribution in [1.29, 1.82) is 0 Å². The fraction of sp³-hybridized carbons (Fsp3) is 0. The number of benzene rings is 1. The molecule has 4 heteroatoms. The zero-order chi connectivity index (χ0) is 9.97. The highest BCUT2D eigenvalue weighted by Gasteiger charge is 2.09. The second kappa shape index (κ2) is 3.28. The van der Waals surface area contributed by atoms with Gasteiger partial charge < -0.3 is 4.98 Å². The molecule has 0 aliphatic heterocycles. The van der Waals surface area contributed by atoms with Crippen LogP contribution in [0.5, 0.6) is 0 Å². The van der Waals surface area contributed by atoms with Crippen LogP contribution in [-0.4, -0.2) is 17.0 Å². The van der Waals surface area contributed by atoms with E-state index in [1.54, 1.807) is 6.07 Å². The molecule has 14 heavy (non-hydrogen) atoms. The number of H-pyrrole nitrogens is 1. The first-order chi connectivity index (χ1) is 6.83. The summed E-state index contributed by atoms with van der Waals surface area (Å²) in [6.45, 7) is 0. The predicted molar refractivity (Wildman–Crippen MR) is 50.8 cm³/mol. The van der Waals surface area contributed by atoms with Gasteiger partial charge in [-0.25, -0.2) is 4.79 Å². The van der Waals surface area contributed by atoms with Crippen molar-refractivity contribution in [2.45, 2.75) is 0 Å². The number of carbonyl (C=O) groups excluding carboxylic acids is 2. The average molecular weight is 186 g/mol. The van der Waals surface area contributed by atoms with Gasteiger partial charge in [0.05, 0.1) is 5.56 Å². The largest absolute Gasteiger partial charge is 0.360 e. The summed E-state index contributed by atoms with van der Waals surface area (Å²) in [5.74, 6) is -0.572. The minimum atomic E-state index is -0.572. The van der Waals surface area contributed by atoms with Gasteiger partial charge in [-0.3, -0.25) is 4.79 Å². The van der Waals surface area contributed by atoms with Crippen LogP contribution in [0.2, 0.25) is 0 Å². The molecule has 1 N–H and O–H groups in total. The smallest absolute Gasteiger partial charge is 0.289 e. The van der Waals surface area contributed by atoms with E-state index in [1.165, 1.54) is 12.3 Å². The SMILES string of the molecule is O=C=NC(=O)c1c[nH]c2ccccc12. The number of aromatic amines is 1. The molecule has 1 aromatic heterocycles. The third kappa shape index (κ3) is 1.24. The molecule has 0 unspecified atom stereocenters. The lowest BCUT2D eigenvalue weighted by Gasteiger charge is -1.89. The quantitative estimate of drug-likeness (QED) is 0.543. The number of hydrogen-bond donors (Lipinski definition) is 1. The molecular formula is C10H6N2O2. The molecule has 1 aromatic carbocycles. The van der Waals surface area contributed by atoms with Gasteiger partial charge in [0, 0.05) is 17.1 Å². The Labute approximate surface area is 79.3 Å². The standard InChI is InChI=1S/C10H6N2O2/c13-6-12-10(14)8-5-11-9-4-2-1-3-7(8)9/h1-5,11H. The molecule has 0 radical (unpaired) electrons. The molecule has 0 saturated carbocycles. The monoisotopic (exact) mass is 186 g/mol. The number of fused-ring (bicyclic) bond motifs is 1. The molecule has 0 fully saturated rings. The lowest BCUT2D eigenvalue weighted by atomic mass is 10.2. The summed E-state index contributed by atoms with van der Waals surface area (Å²) < 4.78 is 0. The van der Waals surface area contributed by atoms with Crippen LogP contribution in [0.25, 0.3) is 10.9 Å². The second-order valence-electron chi connectivity index (χ2n) is 2.76. The second-order valence-corrected chi connectivity index (χ2v) is 2.76. The van der Waals surface area contributed by atoms with E-state index in [1.807, 2.05) is 18.2 Å². The van der Waals surface area contributed by atoms with Gasteiger partial charge in [-0.1, -0.05) is 18.2 Å². The van der Waals surface area contributed by atoms with E-state index in [4.69, 9.17) is 0 Å². The Balaban J connectivity index is 2.64. The van der Waals surface area contributed by atoms with Crippen molar-refractivity contribution >= 4 is 22.9 Å². The molecule has 0 bridgehead atoms. The predicted octanol–water partition coefficient (Wildman–Crippen LogP) is 1.64. The van der Waals surface area contributed by atoms with E-state index in [0.717, 1.165) is 10.9 Å². The molecule has 1 amide bonds. The number of rotatable bonds is 1. The number of nitrogens with one attached hydrogen (secondary N) is 1. The normalized spacial score (nSPS) is 9.71. The van der Waals surface area contributed by atoms with Crippen LogP contribution in [-0.2, 0) is 4.79 Å². The highest BCUT2D eigenvalue weighted by molar-refractivity contribution is 6.08. The van der Waals surface area contributed by atoms with Gasteiger partial charge in [0.1, 0.15) is 0 Å². The number of carbonyl (C=O) groups is 1. The number of amides is 1. The van der Waals surface area contributed by atoms with Crippen LogP contribution in [0.1, 0.15) is 10.4 Å². The van der Waals surface area contributed by atoms with Crippen molar-refractivity contribution in [2.24, 2.45) is 4.99 Å². The number of aliphatic imine (C=N–C) groups is 1. The fourth-order valence-corrected chi connectivity index (χ4v) is 1.35. The van der Waals surface area contributed by atoms with E-state index in [9.17, 15) is 9.59 Å². The molecule has 1 heterocycles. The van der Waals surface area contributed by atoms with Crippen molar-refractivity contribution in [3.8, 4) is 0 Å². The van der Waals surface area contributed by atoms with Crippen LogP contribution in [0.4, 0.5) is 0 Å². The Bertz CT molecular complexity index is 536. The molecule has 0 aliphatic carbocycles. The zero-order valence-corrected chi connectivity index (χ0v) is 7.15. The van der Waals surface area contributed by atoms with E-state index < -0.39 is 5.91 Å². The van der Waals surface area contributed by atoms with Gasteiger partial charge in [-0.15, -0.1) is 4.99 Å². The van der Waals surface area contributed by atoms with Crippen molar-refractivity contribution in [1.82, 2.24) is 4.98 Å². The molecular weight excluding hydrogens is 180 g/mol. The van der Waals surface area contributed by atoms with E-state index in [0.29, 0.717) is 5.56 Å². The van der Waals surface area contributed by atoms with Crippen molar-refractivity contribution in [2.75, 3.05) is 0 Å². The van der Waals surface area contributed by atoms with Crippen molar-refractivity contribution in [3.63, 3.8) is 0 Å². The fourth-order valence-electron chi connectivity index (χ4n) is 1.35. The van der Waals surface area contributed by atoms with E-state index in [-0.39, 0.29) is 0 Å². The number of nitrogens with zero attached hydrogens (tertiary/aromatic N) is 1. The van der Waals surface area contributed by atoms with Gasteiger partial charge >= 0.3 is 0 Å². The third-order valence-corrected chi connectivity index (χ3v) is 1.97. The van der Waals surface area contributed by atoms with Crippen LogP contribution < -0.4 is 0 Å². The Morgan fingerprint density at radius 3 is 2.93 bits per heavy atom. The van der Waals surface area contributed by atoms with Crippen LogP contribution in [0.3, 0.4) is 0 Å². The number of aromatic nitrogens is 1. The number of isocyanates is 1. The minimum Gasteiger partial charge on any atom is -0.360 e. The molecule has 0 aliphatic rings. The number of hydrogen-bond acceptors (Lipinski definition) is 2. The van der Waals surface area contributed by atoms with Crippen molar-refractivity contribution in [3.05, 3.63) is 36.0 Å². The Hall–Kier alpha value is -2.19. The van der Waals surface area contributed by atoms with Gasteiger partial charge in [-0.2, -0.15) is 0 Å². The molecule has 2 rings (SSSR count). The first-order valence-corrected chi connectivity index (χ1v) is 4.01.